The molecule has 1 aromatic heterocycles. The van der Waals surface area contributed by atoms with E-state index in [-0.39, 0.29) is 40.7 Å². The minimum Gasteiger partial charge on any atom is -0.484 e. The molecular formula is C21H16Cl2O6. The molecule has 0 spiro atoms. The van der Waals surface area contributed by atoms with Gasteiger partial charge in [0.15, 0.2) is 12.4 Å². The van der Waals surface area contributed by atoms with Gasteiger partial charge in [-0.3, -0.25) is 9.59 Å². The number of benzene rings is 2. The largest absolute Gasteiger partial charge is 0.484 e. The topological polar surface area (TPSA) is 82.8 Å². The van der Waals surface area contributed by atoms with Gasteiger partial charge in [0.25, 0.3) is 0 Å². The number of hydrogen-bond acceptors (Lipinski definition) is 6. The van der Waals surface area contributed by atoms with E-state index in [0.717, 1.165) is 0 Å². The number of fused-ring (bicyclic) bond motifs is 1. The zero-order valence-electron chi connectivity index (χ0n) is 15.6. The number of esters is 1. The van der Waals surface area contributed by atoms with E-state index in [0.29, 0.717) is 21.5 Å². The lowest BCUT2D eigenvalue weighted by Crippen LogP contribution is -2.16. The molecule has 2 aromatic carbocycles. The zero-order chi connectivity index (χ0) is 21.1. The summed E-state index contributed by atoms with van der Waals surface area (Å²) in [6, 6.07) is 9.44. The van der Waals surface area contributed by atoms with E-state index in [1.54, 1.807) is 37.3 Å². The van der Waals surface area contributed by atoms with Crippen LogP contribution in [0.25, 0.3) is 11.0 Å². The standard InChI is InChI=1S/C21H16Cl2O6/c1-11-14-7-16(23)19(28-10-17(24)12-3-5-13(22)6-4-12)9-18(14)29-21(26)15(11)8-20(25)27-2/h3-7,9H,8,10H2,1-2H3. The molecule has 0 atom stereocenters. The summed E-state index contributed by atoms with van der Waals surface area (Å²) in [5.74, 6) is -0.611. The van der Waals surface area contributed by atoms with Crippen LogP contribution in [0.3, 0.4) is 0 Å². The van der Waals surface area contributed by atoms with Gasteiger partial charge in [0, 0.05) is 22.0 Å². The van der Waals surface area contributed by atoms with E-state index in [2.05, 4.69) is 4.74 Å². The highest BCUT2D eigenvalue weighted by molar-refractivity contribution is 6.33. The number of hydrogen-bond donors (Lipinski definition) is 0. The molecule has 0 aliphatic carbocycles. The minimum atomic E-state index is -0.647. The number of Topliss-reactive ketones (excluding diaryl/α,β-unsaturated/α-hetero) is 1. The molecule has 6 nitrogen and oxygen atoms in total. The first-order valence-corrected chi connectivity index (χ1v) is 9.30. The lowest BCUT2D eigenvalue weighted by Gasteiger charge is -2.11. The van der Waals surface area contributed by atoms with Gasteiger partial charge in [-0.05, 0) is 42.8 Å². The number of carbonyl (C=O) groups is 2. The summed E-state index contributed by atoms with van der Waals surface area (Å²) in [6.45, 7) is 1.44. The summed E-state index contributed by atoms with van der Waals surface area (Å²) in [5, 5.41) is 1.32. The summed E-state index contributed by atoms with van der Waals surface area (Å²) in [4.78, 5) is 36.1. The highest BCUT2D eigenvalue weighted by atomic mass is 35.5. The maximum absolute atomic E-state index is 12.3. The summed E-state index contributed by atoms with van der Waals surface area (Å²) in [7, 11) is 1.24. The van der Waals surface area contributed by atoms with Gasteiger partial charge in [-0.15, -0.1) is 0 Å². The third-order valence-electron chi connectivity index (χ3n) is 4.41. The molecule has 0 aliphatic rings. The number of rotatable bonds is 6. The number of aryl methyl sites for hydroxylation is 1. The molecule has 8 heteroatoms. The number of halogens is 2. The highest BCUT2D eigenvalue weighted by Gasteiger charge is 2.17. The van der Waals surface area contributed by atoms with E-state index in [1.807, 2.05) is 0 Å². The zero-order valence-corrected chi connectivity index (χ0v) is 17.1. The number of carbonyl (C=O) groups excluding carboxylic acids is 2. The molecule has 0 fully saturated rings. The Kier molecular flexibility index (Phi) is 6.25. The van der Waals surface area contributed by atoms with E-state index < -0.39 is 11.6 Å². The van der Waals surface area contributed by atoms with E-state index in [1.165, 1.54) is 13.2 Å². The summed E-state index contributed by atoms with van der Waals surface area (Å²) in [5.41, 5.74) is 0.797. The number of ether oxygens (including phenoxy) is 2. The van der Waals surface area contributed by atoms with Crippen molar-refractivity contribution in [3.63, 3.8) is 0 Å². The van der Waals surface area contributed by atoms with Gasteiger partial charge in [-0.1, -0.05) is 23.2 Å². The van der Waals surface area contributed by atoms with E-state index >= 15 is 0 Å². The van der Waals surface area contributed by atoms with Crippen molar-refractivity contribution in [2.45, 2.75) is 13.3 Å². The second-order valence-corrected chi connectivity index (χ2v) is 7.09. The molecule has 0 bridgehead atoms. The normalized spacial score (nSPS) is 10.8. The molecule has 0 saturated carbocycles. The predicted octanol–water partition coefficient (Wildman–Crippen LogP) is 4.39. The van der Waals surface area contributed by atoms with Crippen molar-refractivity contribution in [1.82, 2.24) is 0 Å². The lowest BCUT2D eigenvalue weighted by molar-refractivity contribution is -0.139. The van der Waals surface area contributed by atoms with Gasteiger partial charge < -0.3 is 13.9 Å². The average molecular weight is 435 g/mol. The van der Waals surface area contributed by atoms with Crippen LogP contribution in [0, 0.1) is 6.92 Å². The Bertz CT molecular complexity index is 1150. The van der Waals surface area contributed by atoms with Crippen LogP contribution in [0.15, 0.2) is 45.6 Å². The molecule has 3 rings (SSSR count). The molecule has 0 saturated heterocycles. The molecule has 1 heterocycles. The fraction of sp³-hybridized carbons (Fsp3) is 0.190. The van der Waals surface area contributed by atoms with Gasteiger partial charge in [0.1, 0.15) is 11.3 Å². The van der Waals surface area contributed by atoms with Crippen LogP contribution in [0.4, 0.5) is 0 Å². The van der Waals surface area contributed by atoms with E-state index in [4.69, 9.17) is 32.4 Å². The van der Waals surface area contributed by atoms with Crippen LogP contribution in [0.5, 0.6) is 5.75 Å². The van der Waals surface area contributed by atoms with Crippen LogP contribution in [-0.2, 0) is 16.0 Å². The summed E-state index contributed by atoms with van der Waals surface area (Å²) in [6.07, 6.45) is -0.202. The van der Waals surface area contributed by atoms with Gasteiger partial charge in [-0.2, -0.15) is 0 Å². The first-order chi connectivity index (χ1) is 13.8. The lowest BCUT2D eigenvalue weighted by atomic mass is 10.0. The Morgan fingerprint density at radius 2 is 1.79 bits per heavy atom. The first-order valence-electron chi connectivity index (χ1n) is 8.54. The Hall–Kier alpha value is -2.83. The SMILES string of the molecule is COC(=O)Cc1c(C)c2cc(Cl)c(OCC(=O)c3ccc(Cl)cc3)cc2oc1=O. The van der Waals surface area contributed by atoms with Crippen LogP contribution in [0.2, 0.25) is 10.0 Å². The van der Waals surface area contributed by atoms with Crippen LogP contribution < -0.4 is 10.4 Å². The Morgan fingerprint density at radius 1 is 1.10 bits per heavy atom. The van der Waals surface area contributed by atoms with Crippen LogP contribution in [-0.4, -0.2) is 25.5 Å². The number of methoxy groups -OCH3 is 1. The third kappa shape index (κ3) is 4.60. The molecule has 0 aliphatic heterocycles. The molecule has 0 amide bonds. The Morgan fingerprint density at radius 3 is 2.45 bits per heavy atom. The van der Waals surface area contributed by atoms with Crippen molar-refractivity contribution in [2.75, 3.05) is 13.7 Å². The molecule has 0 unspecified atom stereocenters. The average Bonchev–Trinajstić information content (AvgIpc) is 2.70. The van der Waals surface area contributed by atoms with Crippen molar-refractivity contribution < 1.29 is 23.5 Å². The van der Waals surface area contributed by atoms with Crippen molar-refractivity contribution in [2.24, 2.45) is 0 Å². The van der Waals surface area contributed by atoms with Crippen LogP contribution >= 0.6 is 23.2 Å². The van der Waals surface area contributed by atoms with Gasteiger partial charge >= 0.3 is 11.6 Å². The fourth-order valence-corrected chi connectivity index (χ4v) is 3.13. The third-order valence-corrected chi connectivity index (χ3v) is 4.96. The molecule has 29 heavy (non-hydrogen) atoms. The highest BCUT2D eigenvalue weighted by Crippen LogP contribution is 2.32. The molecule has 3 aromatic rings. The second-order valence-electron chi connectivity index (χ2n) is 6.24. The molecule has 0 N–H and O–H groups in total. The first kappa shape index (κ1) is 20.9. The van der Waals surface area contributed by atoms with Crippen LogP contribution in [0.1, 0.15) is 21.5 Å². The van der Waals surface area contributed by atoms with E-state index in [9.17, 15) is 14.4 Å². The quantitative estimate of drug-likeness (QED) is 0.325. The molecule has 150 valence electrons. The maximum Gasteiger partial charge on any atom is 0.340 e. The predicted molar refractivity (Wildman–Crippen MR) is 109 cm³/mol. The van der Waals surface area contributed by atoms with Crippen molar-refractivity contribution >= 4 is 45.9 Å². The monoisotopic (exact) mass is 434 g/mol. The second kappa shape index (κ2) is 8.68. The molecular weight excluding hydrogens is 419 g/mol. The summed E-state index contributed by atoms with van der Waals surface area (Å²) < 4.78 is 15.5. The van der Waals surface area contributed by atoms with Crippen molar-refractivity contribution in [3.05, 3.63) is 73.6 Å². The fourth-order valence-electron chi connectivity index (χ4n) is 2.78. The Labute approximate surface area is 175 Å². The maximum atomic E-state index is 12.3. The summed E-state index contributed by atoms with van der Waals surface area (Å²) >= 11 is 12.1. The van der Waals surface area contributed by atoms with Crippen molar-refractivity contribution in [3.8, 4) is 5.75 Å². The number of ketones is 1. The van der Waals surface area contributed by atoms with Crippen molar-refractivity contribution in [1.29, 1.82) is 0 Å². The van der Waals surface area contributed by atoms with Gasteiger partial charge in [0.05, 0.1) is 24.1 Å². The Balaban J connectivity index is 1.88. The van der Waals surface area contributed by atoms with Gasteiger partial charge in [0.2, 0.25) is 0 Å². The molecule has 0 radical (unpaired) electrons. The smallest absolute Gasteiger partial charge is 0.340 e. The van der Waals surface area contributed by atoms with Gasteiger partial charge in [-0.25, -0.2) is 4.79 Å². The minimum absolute atomic E-state index is 0.199.